The molecule has 3 nitrogen and oxygen atoms in total. The van der Waals surface area contributed by atoms with E-state index in [4.69, 9.17) is 10.8 Å². The van der Waals surface area contributed by atoms with Crippen molar-refractivity contribution < 1.29 is 10.2 Å². The Balaban J connectivity index is 2.50. The highest BCUT2D eigenvalue weighted by atomic mass is 16.3. The third-order valence-corrected chi connectivity index (χ3v) is 2.00. The van der Waals surface area contributed by atoms with Crippen LogP contribution >= 0.6 is 0 Å². The van der Waals surface area contributed by atoms with Crippen LogP contribution in [-0.2, 0) is 6.42 Å². The molecule has 0 aromatic heterocycles. The maximum absolute atomic E-state index is 9.21. The molecule has 0 radical (unpaired) electrons. The van der Waals surface area contributed by atoms with Gasteiger partial charge in [-0.15, -0.1) is 0 Å². The summed E-state index contributed by atoms with van der Waals surface area (Å²) in [7, 11) is 0. The first-order valence-corrected chi connectivity index (χ1v) is 4.32. The van der Waals surface area contributed by atoms with Crippen LogP contribution in [0.3, 0.4) is 0 Å². The van der Waals surface area contributed by atoms with Gasteiger partial charge in [0.1, 0.15) is 0 Å². The Bertz CT molecular complexity index is 238. The minimum atomic E-state index is -0.833. The van der Waals surface area contributed by atoms with E-state index in [1.165, 1.54) is 0 Å². The van der Waals surface area contributed by atoms with Gasteiger partial charge in [-0.3, -0.25) is 0 Å². The van der Waals surface area contributed by atoms with E-state index >= 15 is 0 Å². The lowest BCUT2D eigenvalue weighted by Crippen LogP contribution is -2.38. The molecule has 2 atom stereocenters. The van der Waals surface area contributed by atoms with Gasteiger partial charge in [0.05, 0.1) is 12.7 Å². The summed E-state index contributed by atoms with van der Waals surface area (Å²) in [6.07, 6.45) is -0.247. The van der Waals surface area contributed by atoms with Crippen molar-refractivity contribution in [1.29, 1.82) is 0 Å². The van der Waals surface area contributed by atoms with E-state index in [1.807, 2.05) is 30.3 Å². The van der Waals surface area contributed by atoms with Crippen LogP contribution in [0.1, 0.15) is 5.56 Å². The van der Waals surface area contributed by atoms with E-state index in [9.17, 15) is 5.11 Å². The van der Waals surface area contributed by atoms with Crippen LogP contribution < -0.4 is 5.73 Å². The van der Waals surface area contributed by atoms with Crippen LogP contribution in [0.4, 0.5) is 0 Å². The molecule has 3 heteroatoms. The number of aliphatic hydroxyl groups excluding tert-OH is 2. The predicted molar refractivity (Wildman–Crippen MR) is 51.2 cm³/mol. The zero-order chi connectivity index (χ0) is 9.68. The molecule has 1 rings (SSSR count). The van der Waals surface area contributed by atoms with E-state index < -0.39 is 12.1 Å². The number of hydrogen-bond acceptors (Lipinski definition) is 3. The van der Waals surface area contributed by atoms with Crippen molar-refractivity contribution in [2.24, 2.45) is 5.73 Å². The van der Waals surface area contributed by atoms with Gasteiger partial charge in [0.25, 0.3) is 0 Å². The molecule has 0 saturated carbocycles. The van der Waals surface area contributed by atoms with Crippen molar-refractivity contribution >= 4 is 0 Å². The lowest BCUT2D eigenvalue weighted by Gasteiger charge is -2.16. The normalized spacial score (nSPS) is 15.3. The molecule has 4 N–H and O–H groups in total. The smallest absolute Gasteiger partial charge is 0.0924 e. The highest BCUT2D eigenvalue weighted by Crippen LogP contribution is 2.03. The molecule has 0 aliphatic rings. The van der Waals surface area contributed by atoms with Crippen molar-refractivity contribution in [3.63, 3.8) is 0 Å². The van der Waals surface area contributed by atoms with E-state index in [-0.39, 0.29) is 6.61 Å². The molecular formula is C10H15NO2. The number of hydrogen-bond donors (Lipinski definition) is 3. The summed E-state index contributed by atoms with van der Waals surface area (Å²) in [5.41, 5.74) is 6.72. The fourth-order valence-corrected chi connectivity index (χ4v) is 1.16. The van der Waals surface area contributed by atoms with Gasteiger partial charge in [-0.1, -0.05) is 30.3 Å². The molecule has 0 aliphatic carbocycles. The predicted octanol–water partition coefficient (Wildman–Crippen LogP) is -0.0904. The first-order valence-electron chi connectivity index (χ1n) is 4.32. The molecule has 0 amide bonds. The summed E-state index contributed by atoms with van der Waals surface area (Å²) in [5, 5.41) is 17.9. The summed E-state index contributed by atoms with van der Waals surface area (Å²) >= 11 is 0. The molecule has 0 aliphatic heterocycles. The number of rotatable bonds is 4. The first kappa shape index (κ1) is 10.2. The molecule has 0 saturated heterocycles. The van der Waals surface area contributed by atoms with Crippen LogP contribution in [0, 0.1) is 0 Å². The summed E-state index contributed by atoms with van der Waals surface area (Å²) in [5.74, 6) is 0. The van der Waals surface area contributed by atoms with Gasteiger partial charge >= 0.3 is 0 Å². The molecule has 13 heavy (non-hydrogen) atoms. The molecule has 1 aromatic rings. The second kappa shape index (κ2) is 4.97. The van der Waals surface area contributed by atoms with Gasteiger partial charge in [0.2, 0.25) is 0 Å². The van der Waals surface area contributed by atoms with Gasteiger partial charge in [-0.2, -0.15) is 0 Å². The maximum atomic E-state index is 9.21. The Morgan fingerprint density at radius 1 is 1.23 bits per heavy atom. The standard InChI is InChI=1S/C10H15NO2/c11-9(10(13)7-12)6-8-4-2-1-3-5-8/h1-5,9-10,12-13H,6-7,11H2/t9-,10-/m1/s1. The topological polar surface area (TPSA) is 66.5 Å². The molecule has 0 unspecified atom stereocenters. The van der Waals surface area contributed by atoms with Crippen molar-refractivity contribution in [2.75, 3.05) is 6.61 Å². The summed E-state index contributed by atoms with van der Waals surface area (Å²) < 4.78 is 0. The van der Waals surface area contributed by atoms with Crippen LogP contribution in [0.25, 0.3) is 0 Å². The third-order valence-electron chi connectivity index (χ3n) is 2.00. The maximum Gasteiger partial charge on any atom is 0.0924 e. The fourth-order valence-electron chi connectivity index (χ4n) is 1.16. The zero-order valence-corrected chi connectivity index (χ0v) is 7.43. The summed E-state index contributed by atoms with van der Waals surface area (Å²) in [4.78, 5) is 0. The van der Waals surface area contributed by atoms with Crippen LogP contribution in [0.2, 0.25) is 0 Å². The van der Waals surface area contributed by atoms with E-state index in [0.29, 0.717) is 6.42 Å². The molecule has 0 spiro atoms. The van der Waals surface area contributed by atoms with E-state index in [0.717, 1.165) is 5.56 Å². The number of benzene rings is 1. The third kappa shape index (κ3) is 3.14. The molecule has 1 aromatic carbocycles. The Hall–Kier alpha value is -0.900. The second-order valence-corrected chi connectivity index (χ2v) is 3.10. The van der Waals surface area contributed by atoms with Gasteiger partial charge in [-0.25, -0.2) is 0 Å². The zero-order valence-electron chi connectivity index (χ0n) is 7.43. The highest BCUT2D eigenvalue weighted by molar-refractivity contribution is 5.16. The monoisotopic (exact) mass is 181 g/mol. The van der Waals surface area contributed by atoms with Crippen molar-refractivity contribution in [3.8, 4) is 0 Å². The lowest BCUT2D eigenvalue weighted by atomic mass is 10.0. The van der Waals surface area contributed by atoms with Gasteiger partial charge in [0.15, 0.2) is 0 Å². The van der Waals surface area contributed by atoms with E-state index in [1.54, 1.807) is 0 Å². The molecule has 0 heterocycles. The average molecular weight is 181 g/mol. The van der Waals surface area contributed by atoms with Crippen LogP contribution in [0.15, 0.2) is 30.3 Å². The van der Waals surface area contributed by atoms with Gasteiger partial charge < -0.3 is 15.9 Å². The molecule has 72 valence electrons. The largest absolute Gasteiger partial charge is 0.394 e. The summed E-state index contributed by atoms with van der Waals surface area (Å²) in [6, 6.07) is 9.28. The van der Waals surface area contributed by atoms with Crippen molar-refractivity contribution in [2.45, 2.75) is 18.6 Å². The second-order valence-electron chi connectivity index (χ2n) is 3.10. The minimum Gasteiger partial charge on any atom is -0.394 e. The minimum absolute atomic E-state index is 0.284. The lowest BCUT2D eigenvalue weighted by molar-refractivity contribution is 0.0742. The Morgan fingerprint density at radius 3 is 2.38 bits per heavy atom. The van der Waals surface area contributed by atoms with Crippen LogP contribution in [-0.4, -0.2) is 29.0 Å². The Morgan fingerprint density at radius 2 is 1.85 bits per heavy atom. The van der Waals surface area contributed by atoms with Crippen molar-refractivity contribution in [3.05, 3.63) is 35.9 Å². The van der Waals surface area contributed by atoms with Crippen LogP contribution in [0.5, 0.6) is 0 Å². The van der Waals surface area contributed by atoms with Crippen molar-refractivity contribution in [1.82, 2.24) is 0 Å². The van der Waals surface area contributed by atoms with Gasteiger partial charge in [-0.05, 0) is 12.0 Å². The molecular weight excluding hydrogens is 166 g/mol. The molecule has 0 fully saturated rings. The summed E-state index contributed by atoms with van der Waals surface area (Å²) in [6.45, 7) is -0.284. The average Bonchev–Trinajstić information content (AvgIpc) is 2.18. The highest BCUT2D eigenvalue weighted by Gasteiger charge is 2.13. The van der Waals surface area contributed by atoms with Gasteiger partial charge in [0, 0.05) is 6.04 Å². The number of aliphatic hydroxyl groups is 2. The molecule has 0 bridgehead atoms. The number of nitrogens with two attached hydrogens (primary N) is 1. The van der Waals surface area contributed by atoms with E-state index in [2.05, 4.69) is 0 Å². The first-order chi connectivity index (χ1) is 6.24. The SMILES string of the molecule is N[C@H](Cc1ccccc1)[C@H](O)CO. The quantitative estimate of drug-likeness (QED) is 0.608. The fraction of sp³-hybridized carbons (Fsp3) is 0.400. The Kier molecular flexibility index (Phi) is 3.89. The Labute approximate surface area is 77.8 Å².